The molecule has 0 fully saturated rings. The van der Waals surface area contributed by atoms with Gasteiger partial charge in [-0.1, -0.05) is 20.4 Å². The van der Waals surface area contributed by atoms with Crippen LogP contribution >= 0.6 is 11.1 Å². The van der Waals surface area contributed by atoms with E-state index in [2.05, 4.69) is 20.4 Å². The van der Waals surface area contributed by atoms with E-state index >= 15 is 0 Å². The molecule has 2 nitrogen and oxygen atoms in total. The predicted molar refractivity (Wildman–Crippen MR) is 63.1 cm³/mol. The van der Waals surface area contributed by atoms with Crippen LogP contribution in [0.25, 0.3) is 0 Å². The van der Waals surface area contributed by atoms with Crippen LogP contribution in [0.2, 0.25) is 18.1 Å². The van der Waals surface area contributed by atoms with Crippen molar-refractivity contribution >= 4 is 24.4 Å². The normalized spacial score (nSPS) is 11.1. The van der Waals surface area contributed by atoms with Gasteiger partial charge in [0.2, 0.25) is 0 Å². The largest absolute Gasteiger partial charge is 0.463 e. The summed E-state index contributed by atoms with van der Waals surface area (Å²) < 4.78 is 5.01. The minimum Gasteiger partial charge on any atom is -0.463 e. The van der Waals surface area contributed by atoms with Gasteiger partial charge in [0, 0.05) is 5.57 Å². The fourth-order valence-electron chi connectivity index (χ4n) is 1.05. The maximum Gasteiger partial charge on any atom is 0.333 e. The van der Waals surface area contributed by atoms with Crippen molar-refractivity contribution < 1.29 is 9.53 Å². The van der Waals surface area contributed by atoms with Gasteiger partial charge in [0.05, 0.1) is 6.61 Å². The molecule has 14 heavy (non-hydrogen) atoms. The fourth-order valence-corrected chi connectivity index (χ4v) is 2.96. The molecule has 0 rings (SSSR count). The summed E-state index contributed by atoms with van der Waals surface area (Å²) in [5, 5.41) is 0. The van der Waals surface area contributed by atoms with Crippen molar-refractivity contribution in [3.8, 4) is 0 Å². The summed E-state index contributed by atoms with van der Waals surface area (Å²) in [6, 6.07) is 2.88. The summed E-state index contributed by atoms with van der Waals surface area (Å²) in [4.78, 5) is 11.1. The second-order valence-corrected chi connectivity index (χ2v) is 10.1. The molecule has 82 valence electrons. The molecular formula is C10H19ClO2Si. The standard InChI is InChI=1S/C10H19ClO2Si/c1-5-14(11,6-2)8-7-13-10(12)9(3)4/h3,5-8H2,1-2,4H3. The molecule has 0 saturated carbocycles. The van der Waals surface area contributed by atoms with E-state index in [1.54, 1.807) is 6.92 Å². The zero-order valence-corrected chi connectivity index (χ0v) is 11.0. The first-order chi connectivity index (χ1) is 6.45. The molecule has 0 unspecified atom stereocenters. The van der Waals surface area contributed by atoms with Crippen LogP contribution in [0.4, 0.5) is 0 Å². The number of carbonyl (C=O) groups excluding carboxylic acids is 1. The van der Waals surface area contributed by atoms with Crippen LogP contribution in [0, 0.1) is 0 Å². The van der Waals surface area contributed by atoms with Gasteiger partial charge in [0.1, 0.15) is 0 Å². The molecule has 0 aromatic carbocycles. The van der Waals surface area contributed by atoms with Crippen LogP contribution in [0.15, 0.2) is 12.2 Å². The number of halogens is 1. The van der Waals surface area contributed by atoms with Gasteiger partial charge >= 0.3 is 5.97 Å². The van der Waals surface area contributed by atoms with E-state index < -0.39 is 7.38 Å². The molecule has 0 aliphatic rings. The Morgan fingerprint density at radius 2 is 1.93 bits per heavy atom. The highest BCUT2D eigenvalue weighted by Crippen LogP contribution is 2.24. The first-order valence-corrected chi connectivity index (χ1v) is 8.60. The third-order valence-electron chi connectivity index (χ3n) is 2.40. The number of rotatable bonds is 6. The van der Waals surface area contributed by atoms with E-state index in [0.29, 0.717) is 12.2 Å². The smallest absolute Gasteiger partial charge is 0.333 e. The van der Waals surface area contributed by atoms with Crippen molar-refractivity contribution in [2.24, 2.45) is 0 Å². The molecule has 0 N–H and O–H groups in total. The highest BCUT2D eigenvalue weighted by Gasteiger charge is 2.26. The Morgan fingerprint density at radius 3 is 2.29 bits per heavy atom. The lowest BCUT2D eigenvalue weighted by Gasteiger charge is -2.20. The van der Waals surface area contributed by atoms with Gasteiger partial charge in [-0.25, -0.2) is 4.79 Å². The lowest BCUT2D eigenvalue weighted by atomic mass is 10.4. The van der Waals surface area contributed by atoms with Gasteiger partial charge in [-0.2, -0.15) is 11.1 Å². The molecule has 4 heteroatoms. The van der Waals surface area contributed by atoms with Crippen molar-refractivity contribution in [1.29, 1.82) is 0 Å². The van der Waals surface area contributed by atoms with E-state index in [1.165, 1.54) is 0 Å². The molecule has 0 spiro atoms. The summed E-state index contributed by atoms with van der Waals surface area (Å²) in [7, 11) is -1.63. The van der Waals surface area contributed by atoms with Crippen LogP contribution in [0.3, 0.4) is 0 Å². The average Bonchev–Trinajstić information content (AvgIpc) is 2.17. The minimum atomic E-state index is -1.63. The van der Waals surface area contributed by atoms with Crippen molar-refractivity contribution in [2.75, 3.05) is 6.61 Å². The SMILES string of the molecule is C=C(C)C(=O)OCC[Si](Cl)(CC)CC. The molecule has 0 aliphatic carbocycles. The number of carbonyl (C=O) groups is 1. The van der Waals surface area contributed by atoms with E-state index in [9.17, 15) is 4.79 Å². The zero-order valence-electron chi connectivity index (χ0n) is 9.23. The van der Waals surface area contributed by atoms with E-state index in [4.69, 9.17) is 15.8 Å². The monoisotopic (exact) mass is 234 g/mol. The molecule has 0 bridgehead atoms. The van der Waals surface area contributed by atoms with E-state index in [1.807, 2.05) is 0 Å². The van der Waals surface area contributed by atoms with E-state index in [-0.39, 0.29) is 5.97 Å². The zero-order chi connectivity index (χ0) is 11.2. The molecule has 0 radical (unpaired) electrons. The Labute approximate surface area is 92.0 Å². The molecule has 0 atom stereocenters. The van der Waals surface area contributed by atoms with Crippen LogP contribution in [-0.2, 0) is 9.53 Å². The quantitative estimate of drug-likeness (QED) is 0.305. The Morgan fingerprint density at radius 1 is 1.43 bits per heavy atom. The Hall–Kier alpha value is -0.283. The third kappa shape index (κ3) is 4.82. The average molecular weight is 235 g/mol. The predicted octanol–water partition coefficient (Wildman–Crippen LogP) is 3.33. The highest BCUT2D eigenvalue weighted by atomic mass is 35.6. The van der Waals surface area contributed by atoms with Crippen molar-refractivity contribution in [1.82, 2.24) is 0 Å². The molecule has 0 aliphatic heterocycles. The lowest BCUT2D eigenvalue weighted by Crippen LogP contribution is -2.26. The van der Waals surface area contributed by atoms with Crippen molar-refractivity contribution in [3.63, 3.8) is 0 Å². The molecule has 0 aromatic heterocycles. The summed E-state index contributed by atoms with van der Waals surface area (Å²) >= 11 is 6.40. The molecule has 0 saturated heterocycles. The first kappa shape index (κ1) is 13.7. The Kier molecular flexibility index (Phi) is 6.12. The van der Waals surface area contributed by atoms with Crippen molar-refractivity contribution in [2.45, 2.75) is 38.9 Å². The van der Waals surface area contributed by atoms with Crippen LogP contribution in [0.5, 0.6) is 0 Å². The highest BCUT2D eigenvalue weighted by molar-refractivity contribution is 7.20. The maximum atomic E-state index is 11.1. The first-order valence-electron chi connectivity index (χ1n) is 4.96. The second-order valence-electron chi connectivity index (χ2n) is 3.52. The number of hydrogen-bond acceptors (Lipinski definition) is 2. The van der Waals surface area contributed by atoms with Crippen LogP contribution in [0.1, 0.15) is 20.8 Å². The summed E-state index contributed by atoms with van der Waals surface area (Å²) in [6.45, 7) is 9.80. The Balaban J connectivity index is 3.83. The summed E-state index contributed by atoms with van der Waals surface area (Å²) in [6.07, 6.45) is 0. The molecule has 0 aromatic rings. The van der Waals surface area contributed by atoms with Gasteiger partial charge in [0.25, 0.3) is 0 Å². The second kappa shape index (κ2) is 6.25. The van der Waals surface area contributed by atoms with Gasteiger partial charge in [0.15, 0.2) is 7.38 Å². The summed E-state index contributed by atoms with van der Waals surface area (Å²) in [5.74, 6) is -0.315. The number of hydrogen-bond donors (Lipinski definition) is 0. The molecular weight excluding hydrogens is 216 g/mol. The van der Waals surface area contributed by atoms with E-state index in [0.717, 1.165) is 18.1 Å². The number of esters is 1. The van der Waals surface area contributed by atoms with Gasteiger partial charge in [-0.3, -0.25) is 0 Å². The molecule has 0 heterocycles. The fraction of sp³-hybridized carbons (Fsp3) is 0.700. The third-order valence-corrected chi connectivity index (χ3v) is 8.20. The van der Waals surface area contributed by atoms with Crippen molar-refractivity contribution in [3.05, 3.63) is 12.2 Å². The summed E-state index contributed by atoms with van der Waals surface area (Å²) in [5.41, 5.74) is 0.444. The van der Waals surface area contributed by atoms with Gasteiger partial charge < -0.3 is 4.74 Å². The Bertz CT molecular complexity index is 212. The van der Waals surface area contributed by atoms with Gasteiger partial charge in [-0.05, 0) is 25.1 Å². The minimum absolute atomic E-state index is 0.315. The topological polar surface area (TPSA) is 26.3 Å². The van der Waals surface area contributed by atoms with Crippen LogP contribution in [-0.4, -0.2) is 20.0 Å². The van der Waals surface area contributed by atoms with Gasteiger partial charge in [-0.15, -0.1) is 0 Å². The molecule has 0 amide bonds. The van der Waals surface area contributed by atoms with Crippen LogP contribution < -0.4 is 0 Å². The lowest BCUT2D eigenvalue weighted by molar-refractivity contribution is -0.138. The number of ether oxygens (including phenoxy) is 1. The maximum absolute atomic E-state index is 11.1.